The van der Waals surface area contributed by atoms with E-state index in [-0.39, 0.29) is 5.54 Å². The summed E-state index contributed by atoms with van der Waals surface area (Å²) in [5.41, 5.74) is 5.66. The van der Waals surface area contributed by atoms with E-state index < -0.39 is 0 Å². The highest BCUT2D eigenvalue weighted by atomic mass is 15.2. The maximum atomic E-state index is 5.66. The quantitative estimate of drug-likeness (QED) is 0.710. The van der Waals surface area contributed by atoms with E-state index in [1.807, 2.05) is 25.4 Å². The molecule has 0 aliphatic heterocycles. The molecular weight excluding hydrogens is 150 g/mol. The van der Waals surface area contributed by atoms with Crippen molar-refractivity contribution in [3.05, 3.63) is 18.3 Å². The van der Waals surface area contributed by atoms with Crippen molar-refractivity contribution in [2.45, 2.75) is 19.4 Å². The predicted molar refractivity (Wildman–Crippen MR) is 52.3 cm³/mol. The molecule has 0 aromatic carbocycles. The number of nitrogens with zero attached hydrogens (tertiary/aromatic N) is 1. The largest absolute Gasteiger partial charge is 0.355 e. The minimum atomic E-state index is 0.00481. The molecule has 68 valence electrons. The summed E-state index contributed by atoms with van der Waals surface area (Å²) in [5.74, 6) is 1.10. The number of likely N-dealkylation sites (N-methyl/N-ethyl adjacent to an activating group) is 1. The molecule has 0 radical (unpaired) electrons. The molecule has 0 atom stereocenters. The first-order valence-electron chi connectivity index (χ1n) is 4.15. The molecule has 0 amide bonds. The molecule has 1 aromatic rings. The second-order valence-corrected chi connectivity index (χ2v) is 3.63. The Morgan fingerprint density at radius 3 is 2.67 bits per heavy atom. The van der Waals surface area contributed by atoms with Crippen molar-refractivity contribution >= 4 is 5.82 Å². The Balaban J connectivity index is 2.78. The maximum absolute atomic E-state index is 5.66. The molecule has 0 unspecified atom stereocenters. The summed E-state index contributed by atoms with van der Waals surface area (Å²) in [6, 6.07) is 4.02. The summed E-state index contributed by atoms with van der Waals surface area (Å²) in [6.45, 7) is 4.88. The molecule has 1 rings (SSSR count). The molecule has 0 aliphatic rings. The van der Waals surface area contributed by atoms with Crippen molar-refractivity contribution in [2.75, 3.05) is 18.5 Å². The van der Waals surface area contributed by atoms with Crippen molar-refractivity contribution in [1.29, 1.82) is 0 Å². The number of rotatable bonds is 3. The van der Waals surface area contributed by atoms with Gasteiger partial charge < -0.3 is 15.6 Å². The highest BCUT2D eigenvalue weighted by Gasteiger charge is 2.21. The fourth-order valence-electron chi connectivity index (χ4n) is 0.992. The summed E-state index contributed by atoms with van der Waals surface area (Å²) < 4.78 is 0. The third-order valence-corrected chi connectivity index (χ3v) is 2.35. The van der Waals surface area contributed by atoms with E-state index in [1.54, 1.807) is 0 Å². The first-order chi connectivity index (χ1) is 5.58. The van der Waals surface area contributed by atoms with Gasteiger partial charge in [-0.2, -0.15) is 0 Å². The van der Waals surface area contributed by atoms with E-state index in [4.69, 9.17) is 5.73 Å². The number of aromatic nitrogens is 1. The number of H-pyrrole nitrogens is 1. The van der Waals surface area contributed by atoms with E-state index >= 15 is 0 Å². The number of nitrogens with one attached hydrogen (secondary N) is 1. The lowest BCUT2D eigenvalue weighted by atomic mass is 10.0. The Morgan fingerprint density at radius 1 is 1.58 bits per heavy atom. The number of hydrogen-bond acceptors (Lipinski definition) is 2. The topological polar surface area (TPSA) is 45.0 Å². The summed E-state index contributed by atoms with van der Waals surface area (Å²) in [7, 11) is 2.04. The van der Waals surface area contributed by atoms with E-state index in [0.717, 1.165) is 5.82 Å². The van der Waals surface area contributed by atoms with Gasteiger partial charge in [-0.3, -0.25) is 0 Å². The van der Waals surface area contributed by atoms with Crippen LogP contribution in [0.25, 0.3) is 0 Å². The number of nitrogens with two attached hydrogens (primary N) is 1. The molecule has 12 heavy (non-hydrogen) atoms. The summed E-state index contributed by atoms with van der Waals surface area (Å²) in [4.78, 5) is 5.29. The summed E-state index contributed by atoms with van der Waals surface area (Å²) in [5, 5.41) is 0. The first kappa shape index (κ1) is 9.13. The van der Waals surface area contributed by atoms with E-state index in [2.05, 4.69) is 23.7 Å². The number of hydrogen-bond donors (Lipinski definition) is 2. The normalized spacial score (nSPS) is 11.7. The molecule has 3 heteroatoms. The summed E-state index contributed by atoms with van der Waals surface area (Å²) in [6.07, 6.45) is 1.92. The second-order valence-electron chi connectivity index (χ2n) is 3.63. The van der Waals surface area contributed by atoms with E-state index in [0.29, 0.717) is 6.54 Å². The van der Waals surface area contributed by atoms with Crippen LogP contribution < -0.4 is 10.6 Å². The van der Waals surface area contributed by atoms with Crippen molar-refractivity contribution in [1.82, 2.24) is 4.98 Å². The summed E-state index contributed by atoms with van der Waals surface area (Å²) >= 11 is 0. The Kier molecular flexibility index (Phi) is 2.43. The molecule has 1 heterocycles. The Bertz CT molecular complexity index is 226. The minimum absolute atomic E-state index is 0.00481. The number of aromatic amines is 1. The molecule has 0 aliphatic carbocycles. The van der Waals surface area contributed by atoms with Gasteiger partial charge in [-0.05, 0) is 26.0 Å². The third kappa shape index (κ3) is 1.61. The molecule has 0 saturated heterocycles. The van der Waals surface area contributed by atoms with Crippen LogP contribution in [0.1, 0.15) is 13.8 Å². The van der Waals surface area contributed by atoms with Crippen LogP contribution in [0.3, 0.4) is 0 Å². The van der Waals surface area contributed by atoms with Gasteiger partial charge in [0.05, 0.1) is 0 Å². The molecule has 1 aromatic heterocycles. The Labute approximate surface area is 73.6 Å². The van der Waals surface area contributed by atoms with Crippen LogP contribution >= 0.6 is 0 Å². The standard InChI is InChI=1S/C9H17N3/c1-9(2,7-10)12(3)8-5-4-6-11-8/h4-6,11H,7,10H2,1-3H3. The van der Waals surface area contributed by atoms with Gasteiger partial charge in [0.25, 0.3) is 0 Å². The minimum Gasteiger partial charge on any atom is -0.355 e. The van der Waals surface area contributed by atoms with Crippen LogP contribution in [-0.4, -0.2) is 24.1 Å². The van der Waals surface area contributed by atoms with Gasteiger partial charge in [-0.1, -0.05) is 0 Å². The SMILES string of the molecule is CN(c1ccc[nH]1)C(C)(C)CN. The molecular formula is C9H17N3. The van der Waals surface area contributed by atoms with Crippen LogP contribution in [0.15, 0.2) is 18.3 Å². The lowest BCUT2D eigenvalue weighted by Crippen LogP contribution is -2.47. The Morgan fingerprint density at radius 2 is 2.25 bits per heavy atom. The zero-order valence-corrected chi connectivity index (χ0v) is 7.96. The predicted octanol–water partition coefficient (Wildman–Crippen LogP) is 1.19. The molecule has 0 saturated carbocycles. The molecule has 0 fully saturated rings. The maximum Gasteiger partial charge on any atom is 0.106 e. The lowest BCUT2D eigenvalue weighted by molar-refractivity contribution is 0.495. The second kappa shape index (κ2) is 3.19. The fourth-order valence-corrected chi connectivity index (χ4v) is 0.992. The lowest BCUT2D eigenvalue weighted by Gasteiger charge is -2.35. The third-order valence-electron chi connectivity index (χ3n) is 2.35. The average molecular weight is 167 g/mol. The van der Waals surface area contributed by atoms with Crippen molar-refractivity contribution < 1.29 is 0 Å². The number of anilines is 1. The monoisotopic (exact) mass is 167 g/mol. The van der Waals surface area contributed by atoms with Gasteiger partial charge in [0.1, 0.15) is 5.82 Å². The van der Waals surface area contributed by atoms with Gasteiger partial charge in [-0.25, -0.2) is 0 Å². The van der Waals surface area contributed by atoms with E-state index in [1.165, 1.54) is 0 Å². The first-order valence-corrected chi connectivity index (χ1v) is 4.15. The van der Waals surface area contributed by atoms with Crippen LogP contribution in [0.2, 0.25) is 0 Å². The van der Waals surface area contributed by atoms with Crippen LogP contribution in [-0.2, 0) is 0 Å². The average Bonchev–Trinajstić information content (AvgIpc) is 2.55. The van der Waals surface area contributed by atoms with Gasteiger partial charge in [-0.15, -0.1) is 0 Å². The van der Waals surface area contributed by atoms with Gasteiger partial charge in [0, 0.05) is 25.3 Å². The van der Waals surface area contributed by atoms with Crippen molar-refractivity contribution in [3.8, 4) is 0 Å². The highest BCUT2D eigenvalue weighted by Crippen LogP contribution is 2.18. The molecule has 0 spiro atoms. The van der Waals surface area contributed by atoms with Gasteiger partial charge >= 0.3 is 0 Å². The van der Waals surface area contributed by atoms with Crippen LogP contribution in [0.5, 0.6) is 0 Å². The van der Waals surface area contributed by atoms with E-state index in [9.17, 15) is 0 Å². The van der Waals surface area contributed by atoms with Gasteiger partial charge in [0.2, 0.25) is 0 Å². The fraction of sp³-hybridized carbons (Fsp3) is 0.556. The Hall–Kier alpha value is -0.960. The van der Waals surface area contributed by atoms with Crippen LogP contribution in [0.4, 0.5) is 5.82 Å². The molecule has 3 nitrogen and oxygen atoms in total. The van der Waals surface area contributed by atoms with Crippen molar-refractivity contribution in [2.24, 2.45) is 5.73 Å². The zero-order chi connectivity index (χ0) is 9.19. The highest BCUT2D eigenvalue weighted by molar-refractivity contribution is 5.40. The zero-order valence-electron chi connectivity index (χ0n) is 7.96. The van der Waals surface area contributed by atoms with Crippen LogP contribution in [0, 0.1) is 0 Å². The van der Waals surface area contributed by atoms with Crippen molar-refractivity contribution in [3.63, 3.8) is 0 Å². The molecule has 0 bridgehead atoms. The molecule has 3 N–H and O–H groups in total. The van der Waals surface area contributed by atoms with Gasteiger partial charge in [0.15, 0.2) is 0 Å². The smallest absolute Gasteiger partial charge is 0.106 e.